The fourth-order valence-electron chi connectivity index (χ4n) is 0.722. The van der Waals surface area contributed by atoms with Crippen LogP contribution < -0.4 is 0 Å². The normalized spacial score (nSPS) is 10.5. The molecular formula is C7H4F2INO2. The van der Waals surface area contributed by atoms with Crippen LogP contribution in [0.25, 0.3) is 0 Å². The Bertz CT molecular complexity index is 343. The molecule has 1 aromatic heterocycles. The first-order valence-electron chi connectivity index (χ1n) is 3.19. The molecule has 0 amide bonds. The van der Waals surface area contributed by atoms with E-state index in [1.165, 1.54) is 0 Å². The third-order valence-corrected chi connectivity index (χ3v) is 2.22. The Kier molecular flexibility index (Phi) is 3.12. The summed E-state index contributed by atoms with van der Waals surface area (Å²) in [6.07, 6.45) is -1.73. The maximum atomic E-state index is 12.1. The zero-order valence-electron chi connectivity index (χ0n) is 6.17. The number of carbonyl (C=O) groups is 1. The average molecular weight is 299 g/mol. The Morgan fingerprint density at radius 3 is 2.62 bits per heavy atom. The molecule has 0 fully saturated rings. The number of halogens is 3. The van der Waals surface area contributed by atoms with E-state index in [2.05, 4.69) is 4.98 Å². The molecule has 1 aromatic rings. The summed E-state index contributed by atoms with van der Waals surface area (Å²) in [4.78, 5) is 13.8. The van der Waals surface area contributed by atoms with Crippen molar-refractivity contribution in [3.63, 3.8) is 0 Å². The van der Waals surface area contributed by atoms with Gasteiger partial charge in [-0.3, -0.25) is 4.98 Å². The van der Waals surface area contributed by atoms with Crippen molar-refractivity contribution < 1.29 is 18.7 Å². The molecule has 0 unspecified atom stereocenters. The van der Waals surface area contributed by atoms with Crippen LogP contribution >= 0.6 is 22.6 Å². The summed E-state index contributed by atoms with van der Waals surface area (Å²) in [7, 11) is 0. The van der Waals surface area contributed by atoms with Crippen molar-refractivity contribution in [3.05, 3.63) is 27.1 Å². The van der Waals surface area contributed by atoms with Crippen molar-refractivity contribution in [2.45, 2.75) is 6.43 Å². The van der Waals surface area contributed by atoms with Crippen LogP contribution in [0.1, 0.15) is 22.5 Å². The van der Waals surface area contributed by atoms with Gasteiger partial charge < -0.3 is 5.11 Å². The van der Waals surface area contributed by atoms with Crippen LogP contribution in [0.3, 0.4) is 0 Å². The lowest BCUT2D eigenvalue weighted by molar-refractivity contribution is 0.0694. The van der Waals surface area contributed by atoms with Crippen LogP contribution in [0.4, 0.5) is 8.78 Å². The molecule has 0 radical (unpaired) electrons. The SMILES string of the molecule is O=C(O)c1cnc(C(F)F)cc1I. The fraction of sp³-hybridized carbons (Fsp3) is 0.143. The number of carboxylic acid groups (broad SMARTS) is 1. The first kappa shape index (κ1) is 10.3. The van der Waals surface area contributed by atoms with Crippen LogP contribution in [0.2, 0.25) is 0 Å². The van der Waals surface area contributed by atoms with E-state index in [9.17, 15) is 13.6 Å². The van der Waals surface area contributed by atoms with Gasteiger partial charge in [-0.2, -0.15) is 0 Å². The highest BCUT2D eigenvalue weighted by Crippen LogP contribution is 2.20. The highest BCUT2D eigenvalue weighted by atomic mass is 127. The molecule has 0 spiro atoms. The summed E-state index contributed by atoms with van der Waals surface area (Å²) in [6.45, 7) is 0. The minimum Gasteiger partial charge on any atom is -0.478 e. The monoisotopic (exact) mass is 299 g/mol. The number of hydrogen-bond donors (Lipinski definition) is 1. The van der Waals surface area contributed by atoms with Gasteiger partial charge in [0.05, 0.1) is 5.56 Å². The van der Waals surface area contributed by atoms with Gasteiger partial charge in [-0.15, -0.1) is 0 Å². The molecule has 0 bridgehead atoms. The van der Waals surface area contributed by atoms with Gasteiger partial charge in [0.1, 0.15) is 5.69 Å². The van der Waals surface area contributed by atoms with Gasteiger partial charge in [0.2, 0.25) is 0 Å². The summed E-state index contributed by atoms with van der Waals surface area (Å²) < 4.78 is 24.4. The highest BCUT2D eigenvalue weighted by Gasteiger charge is 2.14. The first-order valence-corrected chi connectivity index (χ1v) is 4.27. The molecule has 13 heavy (non-hydrogen) atoms. The Morgan fingerprint density at radius 1 is 1.62 bits per heavy atom. The van der Waals surface area contributed by atoms with Crippen molar-refractivity contribution in [3.8, 4) is 0 Å². The predicted octanol–water partition coefficient (Wildman–Crippen LogP) is 2.32. The van der Waals surface area contributed by atoms with E-state index in [4.69, 9.17) is 5.11 Å². The average Bonchev–Trinajstić information content (AvgIpc) is 2.03. The van der Waals surface area contributed by atoms with Crippen LogP contribution in [0.5, 0.6) is 0 Å². The van der Waals surface area contributed by atoms with E-state index >= 15 is 0 Å². The van der Waals surface area contributed by atoms with E-state index < -0.39 is 18.1 Å². The predicted molar refractivity (Wildman–Crippen MR) is 48.9 cm³/mol. The zero-order valence-corrected chi connectivity index (χ0v) is 8.33. The van der Waals surface area contributed by atoms with E-state index in [-0.39, 0.29) is 9.13 Å². The second-order valence-corrected chi connectivity index (χ2v) is 3.36. The topological polar surface area (TPSA) is 50.2 Å². The number of carboxylic acids is 1. The number of pyridine rings is 1. The molecule has 3 nitrogen and oxygen atoms in total. The minimum absolute atomic E-state index is 0.0648. The number of aromatic nitrogens is 1. The van der Waals surface area contributed by atoms with Gasteiger partial charge in [-0.1, -0.05) is 0 Å². The van der Waals surface area contributed by atoms with Crippen molar-refractivity contribution in [1.29, 1.82) is 0 Å². The lowest BCUT2D eigenvalue weighted by atomic mass is 10.2. The Balaban J connectivity index is 3.13. The van der Waals surface area contributed by atoms with Crippen molar-refractivity contribution >= 4 is 28.6 Å². The standard InChI is InChI=1S/C7H4F2INO2/c8-6(9)5-1-4(10)3(2-11-5)7(12)13/h1-2,6H,(H,12,13). The summed E-state index contributed by atoms with van der Waals surface area (Å²) in [6, 6.07) is 1.06. The second kappa shape index (κ2) is 3.95. The Labute approximate surface area is 85.9 Å². The number of rotatable bonds is 2. The highest BCUT2D eigenvalue weighted by molar-refractivity contribution is 14.1. The molecule has 1 heterocycles. The second-order valence-electron chi connectivity index (χ2n) is 2.19. The van der Waals surface area contributed by atoms with Crippen molar-refractivity contribution in [2.24, 2.45) is 0 Å². The molecule has 0 aliphatic heterocycles. The molecule has 0 saturated heterocycles. The summed E-state index contributed by atoms with van der Waals surface area (Å²) in [5.74, 6) is -1.17. The Hall–Kier alpha value is -0.790. The van der Waals surface area contributed by atoms with Gasteiger partial charge in [-0.05, 0) is 28.7 Å². The quantitative estimate of drug-likeness (QED) is 0.853. The smallest absolute Gasteiger partial charge is 0.338 e. The van der Waals surface area contributed by atoms with Crippen molar-refractivity contribution in [1.82, 2.24) is 4.98 Å². The molecule has 6 heteroatoms. The number of aromatic carboxylic acids is 1. The third-order valence-electron chi connectivity index (χ3n) is 1.33. The summed E-state index contributed by atoms with van der Waals surface area (Å²) in [5, 5.41) is 8.56. The lowest BCUT2D eigenvalue weighted by Crippen LogP contribution is -2.02. The first-order chi connectivity index (χ1) is 6.02. The van der Waals surface area contributed by atoms with Gasteiger partial charge in [0, 0.05) is 9.77 Å². The number of hydrogen-bond acceptors (Lipinski definition) is 2. The third kappa shape index (κ3) is 2.33. The molecule has 0 aromatic carbocycles. The summed E-state index contributed by atoms with van der Waals surface area (Å²) >= 11 is 1.68. The number of nitrogens with zero attached hydrogens (tertiary/aromatic N) is 1. The molecule has 0 saturated carbocycles. The van der Waals surface area contributed by atoms with E-state index in [0.29, 0.717) is 0 Å². The van der Waals surface area contributed by atoms with Crippen LogP contribution in [-0.4, -0.2) is 16.1 Å². The van der Waals surface area contributed by atoms with Gasteiger partial charge in [0.15, 0.2) is 0 Å². The van der Waals surface area contributed by atoms with E-state index in [1.54, 1.807) is 22.6 Å². The van der Waals surface area contributed by atoms with E-state index in [1.807, 2.05) is 0 Å². The maximum Gasteiger partial charge on any atom is 0.338 e. The van der Waals surface area contributed by atoms with Crippen LogP contribution in [0, 0.1) is 3.57 Å². The van der Waals surface area contributed by atoms with Gasteiger partial charge in [-0.25, -0.2) is 13.6 Å². The molecule has 1 rings (SSSR count). The number of alkyl halides is 2. The van der Waals surface area contributed by atoms with Crippen LogP contribution in [0.15, 0.2) is 12.3 Å². The molecule has 1 N–H and O–H groups in total. The van der Waals surface area contributed by atoms with Gasteiger partial charge in [0.25, 0.3) is 6.43 Å². The van der Waals surface area contributed by atoms with Crippen LogP contribution in [-0.2, 0) is 0 Å². The largest absolute Gasteiger partial charge is 0.478 e. The molecule has 70 valence electrons. The molecule has 0 aliphatic carbocycles. The summed E-state index contributed by atoms with van der Waals surface area (Å²) in [5.41, 5.74) is -0.473. The maximum absolute atomic E-state index is 12.1. The molecular weight excluding hydrogens is 295 g/mol. The fourth-order valence-corrected chi connectivity index (χ4v) is 1.41. The van der Waals surface area contributed by atoms with E-state index in [0.717, 1.165) is 12.3 Å². The van der Waals surface area contributed by atoms with Crippen molar-refractivity contribution in [2.75, 3.05) is 0 Å². The lowest BCUT2D eigenvalue weighted by Gasteiger charge is -2.01. The Morgan fingerprint density at radius 2 is 2.23 bits per heavy atom. The molecule has 0 atom stereocenters. The minimum atomic E-state index is -2.67. The zero-order chi connectivity index (χ0) is 10.0. The van der Waals surface area contributed by atoms with Gasteiger partial charge >= 0.3 is 5.97 Å². The molecule has 0 aliphatic rings.